The molecule has 0 saturated heterocycles. The number of carbonyl (C=O) groups excluding carboxylic acids is 1. The molecule has 1 heterocycles. The summed E-state index contributed by atoms with van der Waals surface area (Å²) in [5.41, 5.74) is 3.12. The van der Waals surface area contributed by atoms with E-state index in [1.165, 1.54) is 19.3 Å². The Balaban J connectivity index is 1.68. The maximum atomic E-state index is 12.2. The van der Waals surface area contributed by atoms with E-state index in [1.807, 2.05) is 26.1 Å². The van der Waals surface area contributed by atoms with Gasteiger partial charge in [0.05, 0.1) is 17.5 Å². The van der Waals surface area contributed by atoms with Gasteiger partial charge in [0.1, 0.15) is 5.82 Å². The van der Waals surface area contributed by atoms with Crippen molar-refractivity contribution in [3.8, 4) is 0 Å². The van der Waals surface area contributed by atoms with Gasteiger partial charge in [0.25, 0.3) is 0 Å². The zero-order valence-corrected chi connectivity index (χ0v) is 12.9. The van der Waals surface area contributed by atoms with E-state index in [0.29, 0.717) is 12.5 Å². The predicted molar refractivity (Wildman–Crippen MR) is 84.2 cm³/mol. The molecule has 0 unspecified atom stereocenters. The summed E-state index contributed by atoms with van der Waals surface area (Å²) in [4.78, 5) is 16.7. The summed E-state index contributed by atoms with van der Waals surface area (Å²) in [6.07, 6.45) is 6.49. The van der Waals surface area contributed by atoms with Crippen LogP contribution < -0.4 is 5.32 Å². The van der Waals surface area contributed by atoms with Crippen LogP contribution in [-0.2, 0) is 18.3 Å². The van der Waals surface area contributed by atoms with Crippen LogP contribution in [0.3, 0.4) is 0 Å². The van der Waals surface area contributed by atoms with Crippen molar-refractivity contribution in [2.75, 3.05) is 0 Å². The molecule has 3 rings (SSSR count). The molecule has 112 valence electrons. The van der Waals surface area contributed by atoms with Crippen molar-refractivity contribution in [1.82, 2.24) is 14.9 Å². The van der Waals surface area contributed by atoms with E-state index in [4.69, 9.17) is 0 Å². The number of carbonyl (C=O) groups is 1. The number of amides is 1. The summed E-state index contributed by atoms with van der Waals surface area (Å²) in [6.45, 7) is 2.00. The van der Waals surface area contributed by atoms with Gasteiger partial charge >= 0.3 is 0 Å². The molecule has 0 bridgehead atoms. The normalized spacial score (nSPS) is 16.3. The Morgan fingerprint density at radius 2 is 2.10 bits per heavy atom. The summed E-state index contributed by atoms with van der Waals surface area (Å²) in [5, 5.41) is 3.17. The molecule has 2 aromatic rings. The number of imidazole rings is 1. The summed E-state index contributed by atoms with van der Waals surface area (Å²) >= 11 is 0. The van der Waals surface area contributed by atoms with Crippen molar-refractivity contribution >= 4 is 16.9 Å². The lowest BCUT2D eigenvalue weighted by Gasteiger charge is -2.22. The zero-order valence-electron chi connectivity index (χ0n) is 12.9. The lowest BCUT2D eigenvalue weighted by Crippen LogP contribution is -2.37. The Morgan fingerprint density at radius 3 is 2.86 bits per heavy atom. The molecular formula is C17H23N3O. The smallest absolute Gasteiger partial charge is 0.224 e. The highest BCUT2D eigenvalue weighted by Crippen LogP contribution is 2.19. The monoisotopic (exact) mass is 285 g/mol. The van der Waals surface area contributed by atoms with Crippen LogP contribution in [0.5, 0.6) is 0 Å². The molecule has 1 amide bonds. The Bertz CT molecular complexity index is 653. The molecule has 4 nitrogen and oxygen atoms in total. The lowest BCUT2D eigenvalue weighted by atomic mass is 9.95. The van der Waals surface area contributed by atoms with Crippen LogP contribution in [0.25, 0.3) is 11.0 Å². The predicted octanol–water partition coefficient (Wildman–Crippen LogP) is 2.87. The number of nitrogens with one attached hydrogen (secondary N) is 1. The van der Waals surface area contributed by atoms with E-state index in [1.54, 1.807) is 0 Å². The van der Waals surface area contributed by atoms with Gasteiger partial charge in [0, 0.05) is 13.1 Å². The number of benzene rings is 1. The molecule has 1 aromatic heterocycles. The van der Waals surface area contributed by atoms with E-state index in [2.05, 4.69) is 20.9 Å². The molecule has 0 aliphatic heterocycles. The van der Waals surface area contributed by atoms with E-state index >= 15 is 0 Å². The van der Waals surface area contributed by atoms with E-state index < -0.39 is 0 Å². The highest BCUT2D eigenvalue weighted by molar-refractivity contribution is 5.82. The number of hydrogen-bond donors (Lipinski definition) is 1. The zero-order chi connectivity index (χ0) is 14.8. The molecule has 21 heavy (non-hydrogen) atoms. The van der Waals surface area contributed by atoms with Crippen molar-refractivity contribution in [2.24, 2.45) is 7.05 Å². The van der Waals surface area contributed by atoms with Gasteiger partial charge in [-0.2, -0.15) is 0 Å². The number of nitrogens with zero attached hydrogens (tertiary/aromatic N) is 2. The molecule has 0 atom stereocenters. The van der Waals surface area contributed by atoms with Gasteiger partial charge in [-0.15, -0.1) is 0 Å². The fourth-order valence-electron chi connectivity index (χ4n) is 3.19. The maximum Gasteiger partial charge on any atom is 0.224 e. The minimum atomic E-state index is 0.133. The third-order valence-electron chi connectivity index (χ3n) is 4.50. The van der Waals surface area contributed by atoms with Gasteiger partial charge in [0.2, 0.25) is 5.91 Å². The lowest BCUT2D eigenvalue weighted by molar-refractivity contribution is -0.121. The molecule has 1 N–H and O–H groups in total. The van der Waals surface area contributed by atoms with Crippen molar-refractivity contribution in [3.63, 3.8) is 0 Å². The molecule has 1 aromatic carbocycles. The standard InChI is InChI=1S/C17H23N3O/c1-12-18-15-10-13(8-9-16(15)20(12)2)11-17(21)19-14-6-4-3-5-7-14/h8-10,14H,3-7,11H2,1-2H3,(H,19,21). The molecule has 1 saturated carbocycles. The fourth-order valence-corrected chi connectivity index (χ4v) is 3.19. The topological polar surface area (TPSA) is 46.9 Å². The number of aryl methyl sites for hydroxylation is 2. The molecular weight excluding hydrogens is 262 g/mol. The summed E-state index contributed by atoms with van der Waals surface area (Å²) in [6, 6.07) is 6.50. The highest BCUT2D eigenvalue weighted by atomic mass is 16.1. The molecule has 1 aliphatic carbocycles. The first kappa shape index (κ1) is 14.1. The third-order valence-corrected chi connectivity index (χ3v) is 4.50. The van der Waals surface area contributed by atoms with Gasteiger partial charge in [-0.05, 0) is 37.5 Å². The van der Waals surface area contributed by atoms with E-state index in [0.717, 1.165) is 35.3 Å². The molecule has 0 radical (unpaired) electrons. The average Bonchev–Trinajstić information content (AvgIpc) is 2.74. The summed E-state index contributed by atoms with van der Waals surface area (Å²) in [7, 11) is 2.01. The van der Waals surface area contributed by atoms with Crippen molar-refractivity contribution in [2.45, 2.75) is 51.5 Å². The molecule has 1 aliphatic rings. The third kappa shape index (κ3) is 3.09. The Kier molecular flexibility index (Phi) is 3.95. The van der Waals surface area contributed by atoms with Crippen LogP contribution >= 0.6 is 0 Å². The number of rotatable bonds is 3. The minimum absolute atomic E-state index is 0.133. The molecule has 4 heteroatoms. The van der Waals surface area contributed by atoms with Crippen molar-refractivity contribution in [1.29, 1.82) is 0 Å². The Hall–Kier alpha value is -1.84. The molecule has 0 spiro atoms. The summed E-state index contributed by atoms with van der Waals surface area (Å²) in [5.74, 6) is 1.13. The number of hydrogen-bond acceptors (Lipinski definition) is 2. The van der Waals surface area contributed by atoms with Crippen LogP contribution in [-0.4, -0.2) is 21.5 Å². The number of fused-ring (bicyclic) bond motifs is 1. The number of aromatic nitrogens is 2. The second-order valence-corrected chi connectivity index (χ2v) is 6.12. The first-order valence-corrected chi connectivity index (χ1v) is 7.85. The van der Waals surface area contributed by atoms with Crippen LogP contribution in [0.1, 0.15) is 43.5 Å². The van der Waals surface area contributed by atoms with Crippen LogP contribution in [0.15, 0.2) is 18.2 Å². The summed E-state index contributed by atoms with van der Waals surface area (Å²) < 4.78 is 2.07. The largest absolute Gasteiger partial charge is 0.353 e. The quantitative estimate of drug-likeness (QED) is 0.942. The van der Waals surface area contributed by atoms with Crippen molar-refractivity contribution in [3.05, 3.63) is 29.6 Å². The van der Waals surface area contributed by atoms with E-state index in [-0.39, 0.29) is 5.91 Å². The van der Waals surface area contributed by atoms with Crippen LogP contribution in [0, 0.1) is 6.92 Å². The Morgan fingerprint density at radius 1 is 1.33 bits per heavy atom. The van der Waals surface area contributed by atoms with E-state index in [9.17, 15) is 4.79 Å². The molecule has 1 fully saturated rings. The minimum Gasteiger partial charge on any atom is -0.353 e. The van der Waals surface area contributed by atoms with Crippen LogP contribution in [0.2, 0.25) is 0 Å². The van der Waals surface area contributed by atoms with Gasteiger partial charge in [-0.25, -0.2) is 4.98 Å². The van der Waals surface area contributed by atoms with Crippen molar-refractivity contribution < 1.29 is 4.79 Å². The second-order valence-electron chi connectivity index (χ2n) is 6.12. The maximum absolute atomic E-state index is 12.2. The highest BCUT2D eigenvalue weighted by Gasteiger charge is 2.16. The first-order valence-electron chi connectivity index (χ1n) is 7.85. The first-order chi connectivity index (χ1) is 10.1. The average molecular weight is 285 g/mol. The van der Waals surface area contributed by atoms with Gasteiger partial charge < -0.3 is 9.88 Å². The SMILES string of the molecule is Cc1nc2cc(CC(=O)NC3CCCCC3)ccc2n1C. The van der Waals surface area contributed by atoms with Gasteiger partial charge in [-0.1, -0.05) is 25.3 Å². The van der Waals surface area contributed by atoms with Gasteiger partial charge in [-0.3, -0.25) is 4.79 Å². The second kappa shape index (κ2) is 5.88. The fraction of sp³-hybridized carbons (Fsp3) is 0.529. The van der Waals surface area contributed by atoms with Gasteiger partial charge in [0.15, 0.2) is 0 Å². The van der Waals surface area contributed by atoms with Crippen LogP contribution in [0.4, 0.5) is 0 Å². The Labute approximate surface area is 125 Å².